The fourth-order valence-corrected chi connectivity index (χ4v) is 2.49. The van der Waals surface area contributed by atoms with Gasteiger partial charge in [-0.2, -0.15) is 0 Å². The van der Waals surface area contributed by atoms with Crippen LogP contribution in [0.1, 0.15) is 20.8 Å². The van der Waals surface area contributed by atoms with Crippen LogP contribution < -0.4 is 15.8 Å². The lowest BCUT2D eigenvalue weighted by Gasteiger charge is -2.25. The van der Waals surface area contributed by atoms with E-state index in [2.05, 4.69) is 18.7 Å². The molecule has 0 unspecified atom stereocenters. The molecule has 4 N–H and O–H groups in total. The Morgan fingerprint density at radius 1 is 1.33 bits per heavy atom. The monoisotopic (exact) mass is 271 g/mol. The maximum Gasteiger partial charge on any atom is 0.240 e. The molecule has 1 aromatic rings. The molecule has 0 aliphatic heterocycles. The molecule has 18 heavy (non-hydrogen) atoms. The average molecular weight is 271 g/mol. The minimum Gasteiger partial charge on any atom is -0.398 e. The van der Waals surface area contributed by atoms with E-state index in [4.69, 9.17) is 10.9 Å². The summed E-state index contributed by atoms with van der Waals surface area (Å²) in [5, 5.41) is 5.08. The van der Waals surface area contributed by atoms with Gasteiger partial charge >= 0.3 is 0 Å². The number of nitrogens with zero attached hydrogens (tertiary/aromatic N) is 1. The van der Waals surface area contributed by atoms with Gasteiger partial charge in [0.2, 0.25) is 10.0 Å². The molecular formula is C12H21N3O2S. The van der Waals surface area contributed by atoms with Crippen molar-refractivity contribution in [3.63, 3.8) is 0 Å². The summed E-state index contributed by atoms with van der Waals surface area (Å²) >= 11 is 0. The van der Waals surface area contributed by atoms with Crippen molar-refractivity contribution in [1.82, 2.24) is 0 Å². The first-order valence-corrected chi connectivity index (χ1v) is 7.47. The zero-order chi connectivity index (χ0) is 13.9. The van der Waals surface area contributed by atoms with Gasteiger partial charge in [-0.3, -0.25) is 0 Å². The van der Waals surface area contributed by atoms with Gasteiger partial charge in [-0.15, -0.1) is 0 Å². The third-order valence-corrected chi connectivity index (χ3v) is 3.62. The number of nitrogens with two attached hydrogens (primary N) is 2. The highest BCUT2D eigenvalue weighted by Crippen LogP contribution is 2.24. The molecule has 0 aliphatic carbocycles. The summed E-state index contributed by atoms with van der Waals surface area (Å²) in [5.41, 5.74) is 6.85. The normalized spacial score (nSPS) is 11.8. The summed E-state index contributed by atoms with van der Waals surface area (Å²) in [5.74, 6) is 0.518. The molecule has 6 heteroatoms. The molecule has 0 fully saturated rings. The lowest BCUT2D eigenvalue weighted by molar-refractivity contribution is 0.598. The zero-order valence-corrected chi connectivity index (χ0v) is 11.9. The van der Waals surface area contributed by atoms with E-state index in [-0.39, 0.29) is 10.6 Å². The van der Waals surface area contributed by atoms with Crippen LogP contribution in [0.15, 0.2) is 23.1 Å². The van der Waals surface area contributed by atoms with Crippen LogP contribution in [0.2, 0.25) is 0 Å². The summed E-state index contributed by atoms with van der Waals surface area (Å²) in [6, 6.07) is 4.86. The standard InChI is InChI=1S/C12H21N3O2S/c1-4-15(8-9(2)3)10-5-6-12(11(13)7-10)18(14,16)17/h5-7,9H,4,8,13H2,1-3H3,(H2,14,16,17). The SMILES string of the molecule is CCN(CC(C)C)c1ccc(S(N)(=O)=O)c(N)c1. The van der Waals surface area contributed by atoms with Crippen molar-refractivity contribution in [3.05, 3.63) is 18.2 Å². The van der Waals surface area contributed by atoms with Crippen LogP contribution in [0.25, 0.3) is 0 Å². The van der Waals surface area contributed by atoms with Crippen molar-refractivity contribution in [2.24, 2.45) is 11.1 Å². The molecule has 0 heterocycles. The first kappa shape index (κ1) is 14.8. The van der Waals surface area contributed by atoms with Gasteiger partial charge in [0.15, 0.2) is 0 Å². The van der Waals surface area contributed by atoms with E-state index in [1.165, 1.54) is 6.07 Å². The van der Waals surface area contributed by atoms with E-state index in [1.807, 2.05) is 6.92 Å². The number of benzene rings is 1. The maximum atomic E-state index is 11.3. The number of anilines is 2. The summed E-state index contributed by atoms with van der Waals surface area (Å²) in [7, 11) is -3.75. The Kier molecular flexibility index (Phi) is 4.59. The third kappa shape index (κ3) is 3.61. The lowest BCUT2D eigenvalue weighted by atomic mass is 10.2. The average Bonchev–Trinajstić information content (AvgIpc) is 2.23. The molecular weight excluding hydrogens is 250 g/mol. The van der Waals surface area contributed by atoms with E-state index < -0.39 is 10.0 Å². The van der Waals surface area contributed by atoms with Crippen LogP contribution in [0, 0.1) is 5.92 Å². The molecule has 102 valence electrons. The van der Waals surface area contributed by atoms with Crippen LogP contribution >= 0.6 is 0 Å². The van der Waals surface area contributed by atoms with E-state index >= 15 is 0 Å². The molecule has 0 radical (unpaired) electrons. The van der Waals surface area contributed by atoms with E-state index in [1.54, 1.807) is 12.1 Å². The number of hydrogen-bond donors (Lipinski definition) is 2. The Hall–Kier alpha value is -1.27. The summed E-state index contributed by atoms with van der Waals surface area (Å²) in [4.78, 5) is 2.13. The Labute approximate surface area is 109 Å². The predicted molar refractivity (Wildman–Crippen MR) is 75.0 cm³/mol. The van der Waals surface area contributed by atoms with E-state index in [0.717, 1.165) is 18.8 Å². The molecule has 0 aromatic heterocycles. The van der Waals surface area contributed by atoms with E-state index in [0.29, 0.717) is 5.92 Å². The van der Waals surface area contributed by atoms with Gasteiger partial charge in [0.25, 0.3) is 0 Å². The molecule has 0 bridgehead atoms. The quantitative estimate of drug-likeness (QED) is 0.792. The van der Waals surface area contributed by atoms with Crippen LogP contribution in [-0.4, -0.2) is 21.5 Å². The van der Waals surface area contributed by atoms with Gasteiger partial charge in [-0.25, -0.2) is 13.6 Å². The fraction of sp³-hybridized carbons (Fsp3) is 0.500. The summed E-state index contributed by atoms with van der Waals surface area (Å²) < 4.78 is 22.5. The minimum atomic E-state index is -3.75. The van der Waals surface area contributed by atoms with Gasteiger partial charge in [0.1, 0.15) is 4.90 Å². The minimum absolute atomic E-state index is 0.0214. The maximum absolute atomic E-state index is 11.3. The van der Waals surface area contributed by atoms with E-state index in [9.17, 15) is 8.42 Å². The Bertz CT molecular complexity index is 512. The molecule has 0 saturated carbocycles. The van der Waals surface area contributed by atoms with Crippen molar-refractivity contribution in [3.8, 4) is 0 Å². The topological polar surface area (TPSA) is 89.4 Å². The molecule has 0 atom stereocenters. The Morgan fingerprint density at radius 3 is 2.33 bits per heavy atom. The molecule has 0 amide bonds. The van der Waals surface area contributed by atoms with Crippen molar-refractivity contribution in [2.75, 3.05) is 23.7 Å². The van der Waals surface area contributed by atoms with Crippen LogP contribution in [0.4, 0.5) is 11.4 Å². The number of rotatable bonds is 5. The summed E-state index contributed by atoms with van der Waals surface area (Å²) in [6.07, 6.45) is 0. The second-order valence-corrected chi connectivity index (χ2v) is 6.23. The van der Waals surface area contributed by atoms with Gasteiger partial charge < -0.3 is 10.6 Å². The first-order chi connectivity index (χ1) is 8.25. The highest BCUT2D eigenvalue weighted by atomic mass is 32.2. The molecule has 5 nitrogen and oxygen atoms in total. The highest BCUT2D eigenvalue weighted by molar-refractivity contribution is 7.89. The zero-order valence-electron chi connectivity index (χ0n) is 11.1. The van der Waals surface area contributed by atoms with Gasteiger partial charge in [0, 0.05) is 18.8 Å². The van der Waals surface area contributed by atoms with Crippen LogP contribution in [0.3, 0.4) is 0 Å². The Balaban J connectivity index is 3.10. The van der Waals surface area contributed by atoms with Gasteiger partial charge in [-0.1, -0.05) is 13.8 Å². The number of hydrogen-bond acceptors (Lipinski definition) is 4. The molecule has 0 aliphatic rings. The van der Waals surface area contributed by atoms with Crippen molar-refractivity contribution >= 4 is 21.4 Å². The van der Waals surface area contributed by atoms with Crippen molar-refractivity contribution in [1.29, 1.82) is 0 Å². The van der Waals surface area contributed by atoms with Gasteiger partial charge in [0.05, 0.1) is 5.69 Å². The third-order valence-electron chi connectivity index (χ3n) is 2.63. The van der Waals surface area contributed by atoms with Crippen LogP contribution in [0.5, 0.6) is 0 Å². The van der Waals surface area contributed by atoms with Gasteiger partial charge in [-0.05, 0) is 31.0 Å². The first-order valence-electron chi connectivity index (χ1n) is 5.93. The second kappa shape index (κ2) is 5.58. The van der Waals surface area contributed by atoms with Crippen molar-refractivity contribution in [2.45, 2.75) is 25.7 Å². The van der Waals surface area contributed by atoms with Crippen LogP contribution in [-0.2, 0) is 10.0 Å². The molecule has 0 saturated heterocycles. The molecule has 0 spiro atoms. The van der Waals surface area contributed by atoms with Crippen molar-refractivity contribution < 1.29 is 8.42 Å². The highest BCUT2D eigenvalue weighted by Gasteiger charge is 2.14. The molecule has 1 aromatic carbocycles. The molecule has 1 rings (SSSR count). The number of primary sulfonamides is 1. The Morgan fingerprint density at radius 2 is 1.94 bits per heavy atom. The largest absolute Gasteiger partial charge is 0.398 e. The number of nitrogen functional groups attached to an aromatic ring is 1. The smallest absolute Gasteiger partial charge is 0.240 e. The number of sulfonamides is 1. The second-order valence-electron chi connectivity index (χ2n) is 4.70. The predicted octanol–water partition coefficient (Wildman–Crippen LogP) is 1.40. The fourth-order valence-electron chi connectivity index (χ4n) is 1.85. The summed E-state index contributed by atoms with van der Waals surface area (Å²) in [6.45, 7) is 8.04. The lowest BCUT2D eigenvalue weighted by Crippen LogP contribution is -2.27.